The van der Waals surface area contributed by atoms with Gasteiger partial charge in [0.05, 0.1) is 5.92 Å². The summed E-state index contributed by atoms with van der Waals surface area (Å²) in [5.41, 5.74) is 3.57. The molecule has 0 saturated carbocycles. The standard InChI is InChI=1S/C33H35N5O4/c39-30-20-24(17-22-9-3-1-4-10-22)31(40)37-29(19-25-21-36-27-14-8-7-13-26(25)27)33(42)38-28(32(41)35-16-15-34-30)18-23-11-5-2-6-12-23/h1-14,21,24,28-29,36H,15-20H2,(H,34,39)(H,35,41)(H,37,40)(H,38,42)/t24?,28-,29+/m1/s1. The van der Waals surface area contributed by atoms with Gasteiger partial charge >= 0.3 is 0 Å². The average Bonchev–Trinajstić information content (AvgIpc) is 3.41. The van der Waals surface area contributed by atoms with Gasteiger partial charge in [0, 0.05) is 49.5 Å². The minimum atomic E-state index is -0.980. The van der Waals surface area contributed by atoms with Gasteiger partial charge in [0.15, 0.2) is 0 Å². The number of H-pyrrole nitrogens is 1. The van der Waals surface area contributed by atoms with Crippen LogP contribution in [-0.2, 0) is 38.4 Å². The zero-order valence-electron chi connectivity index (χ0n) is 23.3. The maximum Gasteiger partial charge on any atom is 0.243 e. The van der Waals surface area contributed by atoms with E-state index in [1.54, 1.807) is 0 Å². The molecule has 9 nitrogen and oxygen atoms in total. The highest BCUT2D eigenvalue weighted by molar-refractivity contribution is 5.94. The van der Waals surface area contributed by atoms with Gasteiger partial charge in [-0.2, -0.15) is 0 Å². The van der Waals surface area contributed by atoms with Gasteiger partial charge in [0.2, 0.25) is 23.6 Å². The van der Waals surface area contributed by atoms with E-state index in [2.05, 4.69) is 26.3 Å². The molecule has 5 N–H and O–H groups in total. The van der Waals surface area contributed by atoms with Crippen molar-refractivity contribution < 1.29 is 19.2 Å². The zero-order chi connectivity index (χ0) is 29.3. The van der Waals surface area contributed by atoms with Crippen LogP contribution in [0.4, 0.5) is 0 Å². The highest BCUT2D eigenvalue weighted by Crippen LogP contribution is 2.20. The monoisotopic (exact) mass is 565 g/mol. The van der Waals surface area contributed by atoms with Crippen molar-refractivity contribution in [2.75, 3.05) is 13.1 Å². The van der Waals surface area contributed by atoms with E-state index in [0.29, 0.717) is 6.42 Å². The SMILES string of the molecule is O=C1CC(Cc2ccccc2)C(=O)N[C@@H](Cc2c[nH]c3ccccc23)C(=O)N[C@H](Cc2ccccc2)C(=O)NCCN1. The van der Waals surface area contributed by atoms with E-state index in [4.69, 9.17) is 0 Å². The quantitative estimate of drug-likeness (QED) is 0.246. The topological polar surface area (TPSA) is 132 Å². The lowest BCUT2D eigenvalue weighted by atomic mass is 9.93. The van der Waals surface area contributed by atoms with Crippen molar-refractivity contribution in [3.8, 4) is 0 Å². The molecule has 42 heavy (non-hydrogen) atoms. The Bertz CT molecular complexity index is 1540. The number of carbonyl (C=O) groups is 4. The molecule has 9 heteroatoms. The van der Waals surface area contributed by atoms with Gasteiger partial charge in [0.1, 0.15) is 12.1 Å². The summed E-state index contributed by atoms with van der Waals surface area (Å²) in [6.45, 7) is 0.402. The summed E-state index contributed by atoms with van der Waals surface area (Å²) in [5.74, 6) is -2.21. The van der Waals surface area contributed by atoms with E-state index in [0.717, 1.165) is 27.6 Å². The van der Waals surface area contributed by atoms with Gasteiger partial charge in [-0.05, 0) is 29.2 Å². The number of carbonyl (C=O) groups excluding carboxylic acids is 4. The highest BCUT2D eigenvalue weighted by atomic mass is 16.2. The third-order valence-corrected chi connectivity index (χ3v) is 7.52. The van der Waals surface area contributed by atoms with Crippen molar-refractivity contribution in [2.45, 2.75) is 37.8 Å². The van der Waals surface area contributed by atoms with E-state index < -0.39 is 29.8 Å². The number of amides is 4. The van der Waals surface area contributed by atoms with E-state index in [1.165, 1.54) is 0 Å². The Hall–Kier alpha value is -4.92. The number of rotatable bonds is 6. The van der Waals surface area contributed by atoms with E-state index >= 15 is 0 Å². The molecule has 2 heterocycles. The second-order valence-electron chi connectivity index (χ2n) is 10.6. The number of fused-ring (bicyclic) bond motifs is 1. The number of para-hydroxylation sites is 1. The first-order valence-corrected chi connectivity index (χ1v) is 14.2. The van der Waals surface area contributed by atoms with Crippen LogP contribution in [0, 0.1) is 5.92 Å². The van der Waals surface area contributed by atoms with Crippen molar-refractivity contribution in [3.63, 3.8) is 0 Å². The summed E-state index contributed by atoms with van der Waals surface area (Å²) in [4.78, 5) is 56.9. The summed E-state index contributed by atoms with van der Waals surface area (Å²) in [5, 5.41) is 12.4. The average molecular weight is 566 g/mol. The molecule has 216 valence electrons. The lowest BCUT2D eigenvalue weighted by Gasteiger charge is -2.26. The molecule has 1 aromatic heterocycles. The Morgan fingerprint density at radius 2 is 1.19 bits per heavy atom. The maximum absolute atomic E-state index is 13.9. The molecule has 0 radical (unpaired) electrons. The van der Waals surface area contributed by atoms with Gasteiger partial charge in [0.25, 0.3) is 0 Å². The minimum Gasteiger partial charge on any atom is -0.361 e. The largest absolute Gasteiger partial charge is 0.361 e. The lowest BCUT2D eigenvalue weighted by Crippen LogP contribution is -2.56. The minimum absolute atomic E-state index is 0.0489. The van der Waals surface area contributed by atoms with Gasteiger partial charge < -0.3 is 26.3 Å². The number of nitrogens with one attached hydrogen (secondary N) is 5. The molecule has 4 aromatic rings. The first-order chi connectivity index (χ1) is 20.5. The number of benzene rings is 3. The van der Waals surface area contributed by atoms with Crippen LogP contribution >= 0.6 is 0 Å². The fourth-order valence-corrected chi connectivity index (χ4v) is 5.31. The van der Waals surface area contributed by atoms with Crippen molar-refractivity contribution in [1.82, 2.24) is 26.3 Å². The summed E-state index contributed by atoms with van der Waals surface area (Å²) < 4.78 is 0. The number of hydrogen-bond donors (Lipinski definition) is 5. The molecule has 1 aliphatic rings. The van der Waals surface area contributed by atoms with Gasteiger partial charge in [-0.3, -0.25) is 19.2 Å². The first-order valence-electron chi connectivity index (χ1n) is 14.2. The van der Waals surface area contributed by atoms with Crippen LogP contribution in [0.3, 0.4) is 0 Å². The summed E-state index contributed by atoms with van der Waals surface area (Å²) in [6, 6.07) is 24.8. The summed E-state index contributed by atoms with van der Waals surface area (Å²) >= 11 is 0. The van der Waals surface area contributed by atoms with Crippen LogP contribution in [0.5, 0.6) is 0 Å². The second kappa shape index (κ2) is 13.6. The van der Waals surface area contributed by atoms with E-state index in [1.807, 2.05) is 91.1 Å². The van der Waals surface area contributed by atoms with Gasteiger partial charge in [-0.15, -0.1) is 0 Å². The molecule has 1 aliphatic heterocycles. The molecule has 5 rings (SSSR count). The zero-order valence-corrected chi connectivity index (χ0v) is 23.3. The van der Waals surface area contributed by atoms with Gasteiger partial charge in [-0.1, -0.05) is 78.9 Å². The third-order valence-electron chi connectivity index (χ3n) is 7.52. The Labute approximate surface area is 244 Å². The molecule has 0 aliphatic carbocycles. The van der Waals surface area contributed by atoms with Gasteiger partial charge in [-0.25, -0.2) is 0 Å². The lowest BCUT2D eigenvalue weighted by molar-refractivity contribution is -0.134. The number of aromatic nitrogens is 1. The fourth-order valence-electron chi connectivity index (χ4n) is 5.31. The van der Waals surface area contributed by atoms with Crippen LogP contribution in [-0.4, -0.2) is 53.8 Å². The van der Waals surface area contributed by atoms with Crippen LogP contribution in [0.2, 0.25) is 0 Å². The molecule has 4 amide bonds. The smallest absolute Gasteiger partial charge is 0.243 e. The summed E-state index contributed by atoms with van der Waals surface area (Å²) in [6.07, 6.45) is 2.60. The van der Waals surface area contributed by atoms with E-state index in [-0.39, 0.29) is 44.2 Å². The second-order valence-corrected chi connectivity index (χ2v) is 10.6. The molecule has 1 fully saturated rings. The first kappa shape index (κ1) is 28.6. The Morgan fingerprint density at radius 1 is 0.595 bits per heavy atom. The van der Waals surface area contributed by atoms with Crippen LogP contribution in [0.15, 0.2) is 91.1 Å². The van der Waals surface area contributed by atoms with E-state index in [9.17, 15) is 19.2 Å². The van der Waals surface area contributed by atoms with Crippen molar-refractivity contribution in [1.29, 1.82) is 0 Å². The van der Waals surface area contributed by atoms with Crippen molar-refractivity contribution in [2.24, 2.45) is 5.92 Å². The van der Waals surface area contributed by atoms with Crippen molar-refractivity contribution in [3.05, 3.63) is 108 Å². The number of hydrogen-bond acceptors (Lipinski definition) is 4. The Balaban J connectivity index is 1.45. The molecular weight excluding hydrogens is 530 g/mol. The predicted octanol–water partition coefficient (Wildman–Crippen LogP) is 2.42. The molecular formula is C33H35N5O4. The molecule has 0 bridgehead atoms. The maximum atomic E-state index is 13.9. The predicted molar refractivity (Wildman–Crippen MR) is 160 cm³/mol. The van der Waals surface area contributed by atoms with Crippen LogP contribution < -0.4 is 21.3 Å². The molecule has 0 spiro atoms. The fraction of sp³-hybridized carbons (Fsp3) is 0.273. The highest BCUT2D eigenvalue weighted by Gasteiger charge is 2.31. The number of aromatic amines is 1. The van der Waals surface area contributed by atoms with Crippen LogP contribution in [0.25, 0.3) is 10.9 Å². The van der Waals surface area contributed by atoms with Crippen LogP contribution in [0.1, 0.15) is 23.1 Å². The molecule has 3 atom stereocenters. The normalized spacial score (nSPS) is 20.6. The third kappa shape index (κ3) is 7.42. The summed E-state index contributed by atoms with van der Waals surface area (Å²) in [7, 11) is 0. The van der Waals surface area contributed by atoms with Crippen molar-refractivity contribution >= 4 is 34.5 Å². The Kier molecular flexibility index (Phi) is 9.28. The molecule has 3 aromatic carbocycles. The molecule has 1 saturated heterocycles. The Morgan fingerprint density at radius 3 is 1.93 bits per heavy atom. The molecule has 1 unspecified atom stereocenters.